The minimum Gasteiger partial charge on any atom is -0.497 e. The SMILES string of the molecule is COc1ccc(S(=O)(=O)N(c2cccc(OC)c2)[C@@H](C)c2cccc(C)c2)cc1. The molecule has 1 atom stereocenters. The predicted octanol–water partition coefficient (Wildman–Crippen LogP) is 4.97. The first-order valence-corrected chi connectivity index (χ1v) is 10.7. The molecule has 0 aromatic heterocycles. The van der Waals surface area contributed by atoms with Crippen molar-refractivity contribution in [2.75, 3.05) is 18.5 Å². The van der Waals surface area contributed by atoms with Crippen molar-refractivity contribution in [2.24, 2.45) is 0 Å². The largest absolute Gasteiger partial charge is 0.497 e. The molecular formula is C23H25NO4S. The lowest BCUT2D eigenvalue weighted by Gasteiger charge is -2.31. The van der Waals surface area contributed by atoms with Crippen molar-refractivity contribution in [3.8, 4) is 11.5 Å². The third kappa shape index (κ3) is 4.38. The number of ether oxygens (including phenoxy) is 2. The van der Waals surface area contributed by atoms with E-state index in [0.717, 1.165) is 11.1 Å². The standard InChI is InChI=1S/C23H25NO4S/c1-17-7-5-8-19(15-17)18(2)24(20-9-6-10-22(16-20)28-4)29(25,26)23-13-11-21(27-3)12-14-23/h5-16,18H,1-4H3/t18-/m0/s1. The maximum Gasteiger partial charge on any atom is 0.264 e. The van der Waals surface area contributed by atoms with Crippen LogP contribution in [0.15, 0.2) is 77.7 Å². The fourth-order valence-corrected chi connectivity index (χ4v) is 4.88. The molecule has 0 aliphatic heterocycles. The van der Waals surface area contributed by atoms with E-state index in [9.17, 15) is 8.42 Å². The Kier molecular flexibility index (Phi) is 6.13. The van der Waals surface area contributed by atoms with Crippen LogP contribution in [-0.4, -0.2) is 22.6 Å². The van der Waals surface area contributed by atoms with Crippen LogP contribution in [-0.2, 0) is 10.0 Å². The van der Waals surface area contributed by atoms with Crippen molar-refractivity contribution in [2.45, 2.75) is 24.8 Å². The van der Waals surface area contributed by atoms with Crippen molar-refractivity contribution < 1.29 is 17.9 Å². The molecule has 3 rings (SSSR count). The Labute approximate surface area is 172 Å². The molecule has 0 amide bonds. The van der Waals surface area contributed by atoms with Crippen LogP contribution in [0.4, 0.5) is 5.69 Å². The molecule has 29 heavy (non-hydrogen) atoms. The maximum atomic E-state index is 13.7. The number of sulfonamides is 1. The van der Waals surface area contributed by atoms with Crippen molar-refractivity contribution >= 4 is 15.7 Å². The van der Waals surface area contributed by atoms with Gasteiger partial charge in [-0.25, -0.2) is 8.42 Å². The molecule has 5 nitrogen and oxygen atoms in total. The first-order chi connectivity index (χ1) is 13.9. The minimum atomic E-state index is -3.84. The van der Waals surface area contributed by atoms with Gasteiger partial charge in [-0.1, -0.05) is 35.9 Å². The van der Waals surface area contributed by atoms with Gasteiger partial charge in [0.15, 0.2) is 0 Å². The number of hydrogen-bond donors (Lipinski definition) is 0. The van der Waals surface area contributed by atoms with E-state index in [1.807, 2.05) is 38.1 Å². The van der Waals surface area contributed by atoms with Crippen molar-refractivity contribution in [1.29, 1.82) is 0 Å². The highest BCUT2D eigenvalue weighted by Gasteiger charge is 2.30. The second-order valence-electron chi connectivity index (χ2n) is 6.77. The van der Waals surface area contributed by atoms with Crippen LogP contribution in [0, 0.1) is 6.92 Å². The molecule has 3 aromatic rings. The van der Waals surface area contributed by atoms with Crippen LogP contribution >= 0.6 is 0 Å². The Balaban J connectivity index is 2.15. The highest BCUT2D eigenvalue weighted by molar-refractivity contribution is 7.92. The first-order valence-electron chi connectivity index (χ1n) is 9.26. The molecule has 0 unspecified atom stereocenters. The molecule has 152 valence electrons. The molecule has 6 heteroatoms. The molecule has 0 aliphatic rings. The van der Waals surface area contributed by atoms with Gasteiger partial charge < -0.3 is 9.47 Å². The van der Waals surface area contributed by atoms with E-state index in [0.29, 0.717) is 17.2 Å². The Bertz CT molecular complexity index is 1080. The van der Waals surface area contributed by atoms with Crippen LogP contribution in [0.5, 0.6) is 11.5 Å². The minimum absolute atomic E-state index is 0.195. The molecular weight excluding hydrogens is 386 g/mol. The Morgan fingerprint density at radius 2 is 1.48 bits per heavy atom. The smallest absolute Gasteiger partial charge is 0.264 e. The van der Waals surface area contributed by atoms with Gasteiger partial charge >= 0.3 is 0 Å². The van der Waals surface area contributed by atoms with E-state index < -0.39 is 16.1 Å². The normalized spacial score (nSPS) is 12.3. The molecule has 0 spiro atoms. The van der Waals surface area contributed by atoms with Crippen LogP contribution in [0.2, 0.25) is 0 Å². The molecule has 0 aliphatic carbocycles. The van der Waals surface area contributed by atoms with Gasteiger partial charge in [-0.3, -0.25) is 4.31 Å². The average Bonchev–Trinajstić information content (AvgIpc) is 2.74. The summed E-state index contributed by atoms with van der Waals surface area (Å²) in [5.74, 6) is 1.19. The van der Waals surface area contributed by atoms with Gasteiger partial charge in [-0.05, 0) is 55.8 Å². The topological polar surface area (TPSA) is 55.8 Å². The number of aryl methyl sites for hydroxylation is 1. The van der Waals surface area contributed by atoms with Crippen molar-refractivity contribution in [3.05, 3.63) is 83.9 Å². The summed E-state index contributed by atoms with van der Waals surface area (Å²) in [6, 6.07) is 20.9. The number of hydrogen-bond acceptors (Lipinski definition) is 4. The zero-order valence-corrected chi connectivity index (χ0v) is 17.8. The molecule has 0 fully saturated rings. The van der Waals surface area contributed by atoms with Gasteiger partial charge in [0.25, 0.3) is 10.0 Å². The monoisotopic (exact) mass is 411 g/mol. The van der Waals surface area contributed by atoms with E-state index >= 15 is 0 Å². The molecule has 0 N–H and O–H groups in total. The van der Waals surface area contributed by atoms with Gasteiger partial charge in [0.1, 0.15) is 11.5 Å². The summed E-state index contributed by atoms with van der Waals surface area (Å²) in [5.41, 5.74) is 2.51. The van der Waals surface area contributed by atoms with E-state index in [4.69, 9.17) is 9.47 Å². The number of methoxy groups -OCH3 is 2. The molecule has 0 heterocycles. The Morgan fingerprint density at radius 3 is 2.10 bits per heavy atom. The number of benzene rings is 3. The lowest BCUT2D eigenvalue weighted by molar-refractivity contribution is 0.414. The predicted molar refractivity (Wildman–Crippen MR) is 115 cm³/mol. The molecule has 0 radical (unpaired) electrons. The number of nitrogens with zero attached hydrogens (tertiary/aromatic N) is 1. The van der Waals surface area contributed by atoms with Crippen molar-refractivity contribution in [1.82, 2.24) is 0 Å². The second-order valence-corrected chi connectivity index (χ2v) is 8.58. The maximum absolute atomic E-state index is 13.7. The fourth-order valence-electron chi connectivity index (χ4n) is 3.24. The van der Waals surface area contributed by atoms with Crippen LogP contribution in [0.25, 0.3) is 0 Å². The zero-order chi connectivity index (χ0) is 21.0. The summed E-state index contributed by atoms with van der Waals surface area (Å²) in [7, 11) is -0.734. The zero-order valence-electron chi connectivity index (χ0n) is 17.0. The summed E-state index contributed by atoms with van der Waals surface area (Å²) in [6.07, 6.45) is 0. The lowest BCUT2D eigenvalue weighted by Crippen LogP contribution is -2.33. The van der Waals surface area contributed by atoms with Crippen molar-refractivity contribution in [3.63, 3.8) is 0 Å². The van der Waals surface area contributed by atoms with Crippen LogP contribution in [0.1, 0.15) is 24.1 Å². The van der Waals surface area contributed by atoms with Gasteiger partial charge in [-0.2, -0.15) is 0 Å². The molecule has 0 saturated carbocycles. The first kappa shape index (κ1) is 20.7. The lowest BCUT2D eigenvalue weighted by atomic mass is 10.1. The third-order valence-electron chi connectivity index (χ3n) is 4.80. The summed E-state index contributed by atoms with van der Waals surface area (Å²) in [5, 5.41) is 0. The second kappa shape index (κ2) is 8.57. The Hall–Kier alpha value is -2.99. The highest BCUT2D eigenvalue weighted by atomic mass is 32.2. The van der Waals surface area contributed by atoms with Gasteiger partial charge in [-0.15, -0.1) is 0 Å². The quantitative estimate of drug-likeness (QED) is 0.551. The molecule has 0 saturated heterocycles. The van der Waals surface area contributed by atoms with E-state index in [-0.39, 0.29) is 4.90 Å². The van der Waals surface area contributed by atoms with Crippen LogP contribution in [0.3, 0.4) is 0 Å². The highest BCUT2D eigenvalue weighted by Crippen LogP contribution is 2.35. The molecule has 0 bridgehead atoms. The van der Waals surface area contributed by atoms with Crippen LogP contribution < -0.4 is 13.8 Å². The summed E-state index contributed by atoms with van der Waals surface area (Å²) < 4.78 is 39.3. The number of anilines is 1. The summed E-state index contributed by atoms with van der Waals surface area (Å²) in [6.45, 7) is 3.87. The Morgan fingerprint density at radius 1 is 0.828 bits per heavy atom. The number of rotatable bonds is 7. The van der Waals surface area contributed by atoms with E-state index in [1.54, 1.807) is 62.8 Å². The van der Waals surface area contributed by atoms with Gasteiger partial charge in [0, 0.05) is 6.07 Å². The van der Waals surface area contributed by atoms with E-state index in [2.05, 4.69) is 0 Å². The van der Waals surface area contributed by atoms with E-state index in [1.165, 1.54) is 4.31 Å². The summed E-state index contributed by atoms with van der Waals surface area (Å²) >= 11 is 0. The average molecular weight is 412 g/mol. The molecule has 3 aromatic carbocycles. The van der Waals surface area contributed by atoms with Gasteiger partial charge in [0.2, 0.25) is 0 Å². The summed E-state index contributed by atoms with van der Waals surface area (Å²) in [4.78, 5) is 0.195. The third-order valence-corrected chi connectivity index (χ3v) is 6.71. The fraction of sp³-hybridized carbons (Fsp3) is 0.217. The van der Waals surface area contributed by atoms with Gasteiger partial charge in [0.05, 0.1) is 30.8 Å².